The van der Waals surface area contributed by atoms with E-state index in [-0.39, 0.29) is 17.5 Å². The van der Waals surface area contributed by atoms with E-state index >= 15 is 0 Å². The van der Waals surface area contributed by atoms with Crippen LogP contribution in [0.1, 0.15) is 48.4 Å². The van der Waals surface area contributed by atoms with Gasteiger partial charge in [0.1, 0.15) is 6.07 Å². The number of aryl methyl sites for hydroxylation is 1. The monoisotopic (exact) mass is 561 g/mol. The molecule has 41 heavy (non-hydrogen) atoms. The standard InChI is InChI=1S/C32H34F3N5O/c1-3-22-6-4-5-7-27(22)28-10-8-25(20-37-28)31(30(41)38-26-12-15-39(2)21-26)13-16-40(17-14-31)29-11-9-24(32(33,34)35)18-23(29)19-36/h4-11,18,20,26H,3,12-17,21H2,1-2H3,(H,38,41)/t26-/m1/s1. The van der Waals surface area contributed by atoms with Crippen molar-refractivity contribution in [1.29, 1.82) is 5.26 Å². The van der Waals surface area contributed by atoms with Crippen LogP contribution in [0.2, 0.25) is 0 Å². The smallest absolute Gasteiger partial charge is 0.370 e. The van der Waals surface area contributed by atoms with Gasteiger partial charge in [0, 0.05) is 37.4 Å². The van der Waals surface area contributed by atoms with Gasteiger partial charge >= 0.3 is 6.18 Å². The number of likely N-dealkylation sites (N-methyl/N-ethyl adjacent to an activating group) is 1. The van der Waals surface area contributed by atoms with Crippen molar-refractivity contribution in [1.82, 2.24) is 15.2 Å². The van der Waals surface area contributed by atoms with Crippen LogP contribution in [0.15, 0.2) is 60.8 Å². The Morgan fingerprint density at radius 1 is 1.12 bits per heavy atom. The van der Waals surface area contributed by atoms with E-state index in [2.05, 4.69) is 29.3 Å². The summed E-state index contributed by atoms with van der Waals surface area (Å²) in [4.78, 5) is 22.9. The zero-order chi connectivity index (χ0) is 29.2. The van der Waals surface area contributed by atoms with E-state index in [1.807, 2.05) is 42.3 Å². The number of alkyl halides is 3. The van der Waals surface area contributed by atoms with Crippen LogP contribution >= 0.6 is 0 Å². The molecule has 0 saturated carbocycles. The molecule has 0 aliphatic carbocycles. The van der Waals surface area contributed by atoms with Gasteiger partial charge < -0.3 is 15.1 Å². The summed E-state index contributed by atoms with van der Waals surface area (Å²) in [6, 6.07) is 17.4. The number of anilines is 1. The first-order valence-electron chi connectivity index (χ1n) is 14.0. The van der Waals surface area contributed by atoms with Gasteiger partial charge in [0.25, 0.3) is 0 Å². The Morgan fingerprint density at radius 2 is 1.88 bits per heavy atom. The largest absolute Gasteiger partial charge is 0.416 e. The highest BCUT2D eigenvalue weighted by molar-refractivity contribution is 5.89. The van der Waals surface area contributed by atoms with Crippen LogP contribution in [0.4, 0.5) is 18.9 Å². The first-order valence-corrected chi connectivity index (χ1v) is 14.0. The van der Waals surface area contributed by atoms with Crippen LogP contribution in [0, 0.1) is 11.3 Å². The molecule has 1 N–H and O–H groups in total. The lowest BCUT2D eigenvalue weighted by Crippen LogP contribution is -2.54. The maximum atomic E-state index is 14.0. The molecule has 3 heterocycles. The molecule has 0 spiro atoms. The minimum absolute atomic E-state index is 0.0219. The van der Waals surface area contributed by atoms with Crippen LogP contribution in [0.25, 0.3) is 11.3 Å². The second kappa shape index (κ2) is 11.5. The molecule has 9 heteroatoms. The molecule has 6 nitrogen and oxygen atoms in total. The highest BCUT2D eigenvalue weighted by atomic mass is 19.4. The number of piperidine rings is 1. The predicted molar refractivity (Wildman–Crippen MR) is 152 cm³/mol. The van der Waals surface area contributed by atoms with E-state index in [1.54, 1.807) is 6.20 Å². The molecule has 0 radical (unpaired) electrons. The second-order valence-electron chi connectivity index (χ2n) is 11.1. The number of halogens is 3. The molecule has 3 aromatic rings. The topological polar surface area (TPSA) is 72.3 Å². The lowest BCUT2D eigenvalue weighted by Gasteiger charge is -2.42. The summed E-state index contributed by atoms with van der Waals surface area (Å²) in [5, 5.41) is 12.9. The maximum absolute atomic E-state index is 14.0. The van der Waals surface area contributed by atoms with Crippen molar-refractivity contribution in [3.05, 3.63) is 83.0 Å². The Morgan fingerprint density at radius 3 is 2.49 bits per heavy atom. The Balaban J connectivity index is 1.44. The molecule has 1 aromatic heterocycles. The van der Waals surface area contributed by atoms with Gasteiger partial charge in [0.15, 0.2) is 0 Å². The quantitative estimate of drug-likeness (QED) is 0.427. The molecular formula is C32H34F3N5O. The van der Waals surface area contributed by atoms with Gasteiger partial charge in [0.05, 0.1) is 27.9 Å². The zero-order valence-corrected chi connectivity index (χ0v) is 23.3. The van der Waals surface area contributed by atoms with Crippen molar-refractivity contribution >= 4 is 11.6 Å². The van der Waals surface area contributed by atoms with E-state index in [4.69, 9.17) is 4.98 Å². The minimum atomic E-state index is -4.52. The van der Waals surface area contributed by atoms with Gasteiger partial charge in [-0.3, -0.25) is 9.78 Å². The van der Waals surface area contributed by atoms with Gasteiger partial charge in [-0.2, -0.15) is 18.4 Å². The number of nitrogens with zero attached hydrogens (tertiary/aromatic N) is 4. The number of amides is 1. The average Bonchev–Trinajstić information content (AvgIpc) is 3.40. The number of hydrogen-bond acceptors (Lipinski definition) is 5. The van der Waals surface area contributed by atoms with E-state index in [0.717, 1.165) is 54.9 Å². The van der Waals surface area contributed by atoms with E-state index in [0.29, 0.717) is 31.6 Å². The lowest BCUT2D eigenvalue weighted by atomic mass is 9.72. The fraction of sp³-hybridized carbons (Fsp3) is 0.406. The number of nitrogens with one attached hydrogen (secondary N) is 1. The summed E-state index contributed by atoms with van der Waals surface area (Å²) >= 11 is 0. The van der Waals surface area contributed by atoms with Crippen LogP contribution in [-0.4, -0.2) is 55.1 Å². The number of rotatable bonds is 6. The van der Waals surface area contributed by atoms with Gasteiger partial charge in [-0.25, -0.2) is 0 Å². The number of likely N-dealkylation sites (tertiary alicyclic amines) is 1. The van der Waals surface area contributed by atoms with Crippen LogP contribution in [0.3, 0.4) is 0 Å². The second-order valence-corrected chi connectivity index (χ2v) is 11.1. The summed E-state index contributed by atoms with van der Waals surface area (Å²) in [6.07, 6.45) is -0.0700. The number of pyridine rings is 1. The number of carbonyl (C=O) groups excluding carboxylic acids is 1. The highest BCUT2D eigenvalue weighted by Crippen LogP contribution is 2.40. The van der Waals surface area contributed by atoms with Crippen molar-refractivity contribution in [2.75, 3.05) is 38.1 Å². The van der Waals surface area contributed by atoms with E-state index in [1.165, 1.54) is 11.6 Å². The van der Waals surface area contributed by atoms with Crippen LogP contribution < -0.4 is 10.2 Å². The van der Waals surface area contributed by atoms with Crippen molar-refractivity contribution in [3.63, 3.8) is 0 Å². The molecule has 5 rings (SSSR count). The molecule has 0 bridgehead atoms. The predicted octanol–water partition coefficient (Wildman–Crippen LogP) is 5.56. The summed E-state index contributed by atoms with van der Waals surface area (Å²) in [6.45, 7) is 4.64. The summed E-state index contributed by atoms with van der Waals surface area (Å²) in [5.41, 5.74) is 2.68. The first kappa shape index (κ1) is 28.6. The number of nitriles is 1. The first-order chi connectivity index (χ1) is 19.6. The van der Waals surface area contributed by atoms with Gasteiger partial charge in [0.2, 0.25) is 5.91 Å². The van der Waals surface area contributed by atoms with Crippen molar-refractivity contribution in [2.24, 2.45) is 0 Å². The van der Waals surface area contributed by atoms with E-state index in [9.17, 15) is 23.2 Å². The molecule has 2 aromatic carbocycles. The zero-order valence-electron chi connectivity index (χ0n) is 23.3. The van der Waals surface area contributed by atoms with Crippen LogP contribution in [0.5, 0.6) is 0 Å². The Kier molecular flexibility index (Phi) is 8.05. The third-order valence-electron chi connectivity index (χ3n) is 8.55. The molecular weight excluding hydrogens is 527 g/mol. The molecule has 0 unspecified atom stereocenters. The molecule has 1 amide bonds. The van der Waals surface area contributed by atoms with Gasteiger partial charge in [-0.15, -0.1) is 0 Å². The van der Waals surface area contributed by atoms with Crippen molar-refractivity contribution < 1.29 is 18.0 Å². The van der Waals surface area contributed by atoms with Crippen molar-refractivity contribution in [3.8, 4) is 17.3 Å². The van der Waals surface area contributed by atoms with Gasteiger partial charge in [-0.1, -0.05) is 37.3 Å². The van der Waals surface area contributed by atoms with Crippen molar-refractivity contribution in [2.45, 2.75) is 50.2 Å². The normalized spacial score (nSPS) is 19.1. The fourth-order valence-corrected chi connectivity index (χ4v) is 6.14. The molecule has 214 valence electrons. The fourth-order valence-electron chi connectivity index (χ4n) is 6.14. The number of carbonyl (C=O) groups is 1. The molecule has 2 fully saturated rings. The highest BCUT2D eigenvalue weighted by Gasteiger charge is 2.44. The molecule has 1 atom stereocenters. The minimum Gasteiger partial charge on any atom is -0.370 e. The SMILES string of the molecule is CCc1ccccc1-c1ccc(C2(C(=O)N[C@@H]3CCN(C)C3)CCN(c3ccc(C(F)(F)F)cc3C#N)CC2)cn1. The molecule has 2 aliphatic rings. The Bertz CT molecular complexity index is 1440. The maximum Gasteiger partial charge on any atom is 0.416 e. The summed E-state index contributed by atoms with van der Waals surface area (Å²) in [5.74, 6) is -0.0473. The third-order valence-corrected chi connectivity index (χ3v) is 8.55. The molecule has 2 saturated heterocycles. The number of aromatic nitrogens is 1. The van der Waals surface area contributed by atoms with E-state index < -0.39 is 17.2 Å². The number of hydrogen-bond donors (Lipinski definition) is 1. The third kappa shape index (κ3) is 5.80. The van der Waals surface area contributed by atoms with Gasteiger partial charge in [-0.05, 0) is 74.7 Å². The Hall–Kier alpha value is -3.90. The summed E-state index contributed by atoms with van der Waals surface area (Å²) in [7, 11) is 2.04. The number of benzene rings is 2. The lowest BCUT2D eigenvalue weighted by molar-refractivity contribution is -0.137. The Labute approximate surface area is 238 Å². The van der Waals surface area contributed by atoms with Crippen LogP contribution in [-0.2, 0) is 22.8 Å². The molecule has 2 aliphatic heterocycles. The summed E-state index contributed by atoms with van der Waals surface area (Å²) < 4.78 is 39.8. The average molecular weight is 562 g/mol.